The van der Waals surface area contributed by atoms with Crippen LogP contribution in [-0.4, -0.2) is 32.8 Å². The summed E-state index contributed by atoms with van der Waals surface area (Å²) >= 11 is 0. The molecule has 0 spiro atoms. The van der Waals surface area contributed by atoms with Gasteiger partial charge in [0, 0.05) is 32.2 Å². The summed E-state index contributed by atoms with van der Waals surface area (Å²) in [6.07, 6.45) is 1.80. The minimum atomic E-state index is -0.205. The molecule has 28 heavy (non-hydrogen) atoms. The van der Waals surface area contributed by atoms with Crippen LogP contribution < -0.4 is 10.6 Å². The molecule has 1 saturated heterocycles. The van der Waals surface area contributed by atoms with Crippen molar-refractivity contribution in [1.82, 2.24) is 10.6 Å². The average molecular weight is 497 g/mol. The normalized spacial score (nSPS) is 17.3. The van der Waals surface area contributed by atoms with E-state index in [0.717, 1.165) is 30.9 Å². The van der Waals surface area contributed by atoms with Crippen LogP contribution >= 0.6 is 24.0 Å². The van der Waals surface area contributed by atoms with E-state index in [0.29, 0.717) is 13.2 Å². The Kier molecular flexibility index (Phi) is 8.69. The minimum Gasteiger partial charge on any atom is -0.381 e. The zero-order chi connectivity index (χ0) is 19.1. The molecule has 1 fully saturated rings. The zero-order valence-corrected chi connectivity index (χ0v) is 18.8. The average Bonchev–Trinajstić information content (AvgIpc) is 2.72. The number of hydrogen-bond donors (Lipinski definition) is 2. The molecule has 152 valence electrons. The molecule has 1 aliphatic heterocycles. The molecular formula is C22H29FIN3O. The van der Waals surface area contributed by atoms with Crippen molar-refractivity contribution >= 4 is 29.9 Å². The van der Waals surface area contributed by atoms with Gasteiger partial charge >= 0.3 is 0 Å². The van der Waals surface area contributed by atoms with Crippen LogP contribution in [0.25, 0.3) is 0 Å². The van der Waals surface area contributed by atoms with Crippen LogP contribution in [0.2, 0.25) is 0 Å². The first-order valence-corrected chi connectivity index (χ1v) is 9.49. The summed E-state index contributed by atoms with van der Waals surface area (Å²) in [5, 5.41) is 6.93. The standard InChI is InChI=1S/C22H28FN3O.HI/c1-17(18-6-4-3-5-7-18)26-21(24-2)25-16-22(12-14-27-15-13-22)19-8-10-20(23)11-9-19;/h3-11,17H,12-16H2,1-2H3,(H2,24,25,26);1H. The second-order valence-electron chi connectivity index (χ2n) is 7.10. The van der Waals surface area contributed by atoms with Gasteiger partial charge in [0.15, 0.2) is 5.96 Å². The van der Waals surface area contributed by atoms with Crippen LogP contribution in [0.4, 0.5) is 4.39 Å². The highest BCUT2D eigenvalue weighted by atomic mass is 127. The van der Waals surface area contributed by atoms with Gasteiger partial charge in [-0.1, -0.05) is 42.5 Å². The lowest BCUT2D eigenvalue weighted by Gasteiger charge is -2.38. The molecule has 2 aromatic carbocycles. The molecule has 6 heteroatoms. The predicted molar refractivity (Wildman–Crippen MR) is 123 cm³/mol. The number of aliphatic imine (C=N–C) groups is 1. The number of benzene rings is 2. The Labute approximate surface area is 184 Å². The van der Waals surface area contributed by atoms with E-state index in [4.69, 9.17) is 4.74 Å². The Balaban J connectivity index is 0.00000280. The Morgan fingerprint density at radius 2 is 1.75 bits per heavy atom. The van der Waals surface area contributed by atoms with E-state index in [-0.39, 0.29) is 41.3 Å². The molecule has 1 heterocycles. The number of halogens is 2. The second-order valence-corrected chi connectivity index (χ2v) is 7.10. The largest absolute Gasteiger partial charge is 0.381 e. The number of ether oxygens (including phenoxy) is 1. The number of guanidine groups is 1. The van der Waals surface area contributed by atoms with Gasteiger partial charge in [0.2, 0.25) is 0 Å². The maximum Gasteiger partial charge on any atom is 0.191 e. The van der Waals surface area contributed by atoms with Gasteiger partial charge in [0.25, 0.3) is 0 Å². The molecule has 2 aromatic rings. The maximum absolute atomic E-state index is 13.4. The minimum absolute atomic E-state index is 0. The lowest BCUT2D eigenvalue weighted by molar-refractivity contribution is 0.0513. The summed E-state index contributed by atoms with van der Waals surface area (Å²) in [4.78, 5) is 4.38. The third-order valence-electron chi connectivity index (χ3n) is 5.38. The monoisotopic (exact) mass is 497 g/mol. The third kappa shape index (κ3) is 5.67. The maximum atomic E-state index is 13.4. The van der Waals surface area contributed by atoms with E-state index < -0.39 is 0 Å². The molecule has 1 unspecified atom stereocenters. The first kappa shape index (κ1) is 22.6. The molecule has 1 aliphatic rings. The van der Waals surface area contributed by atoms with Crippen LogP contribution in [0.3, 0.4) is 0 Å². The lowest BCUT2D eigenvalue weighted by atomic mass is 9.74. The fraction of sp³-hybridized carbons (Fsp3) is 0.409. The van der Waals surface area contributed by atoms with Crippen LogP contribution in [0.1, 0.15) is 36.9 Å². The molecule has 0 saturated carbocycles. The van der Waals surface area contributed by atoms with Crippen molar-refractivity contribution < 1.29 is 9.13 Å². The van der Waals surface area contributed by atoms with Gasteiger partial charge in [0.05, 0.1) is 6.04 Å². The first-order valence-electron chi connectivity index (χ1n) is 9.49. The van der Waals surface area contributed by atoms with E-state index in [1.54, 1.807) is 7.05 Å². The summed E-state index contributed by atoms with van der Waals surface area (Å²) < 4.78 is 19.0. The van der Waals surface area contributed by atoms with Crippen LogP contribution in [0.5, 0.6) is 0 Å². The summed E-state index contributed by atoms with van der Waals surface area (Å²) in [5.41, 5.74) is 2.27. The van der Waals surface area contributed by atoms with Crippen molar-refractivity contribution in [3.05, 3.63) is 71.5 Å². The van der Waals surface area contributed by atoms with Crippen LogP contribution in [-0.2, 0) is 10.2 Å². The highest BCUT2D eigenvalue weighted by Gasteiger charge is 2.34. The highest BCUT2D eigenvalue weighted by molar-refractivity contribution is 14.0. The third-order valence-corrected chi connectivity index (χ3v) is 5.38. The fourth-order valence-corrected chi connectivity index (χ4v) is 3.61. The first-order chi connectivity index (χ1) is 13.1. The van der Waals surface area contributed by atoms with Crippen molar-refractivity contribution in [3.63, 3.8) is 0 Å². The summed E-state index contributed by atoms with van der Waals surface area (Å²) in [6.45, 7) is 4.27. The topological polar surface area (TPSA) is 45.7 Å². The van der Waals surface area contributed by atoms with Gasteiger partial charge in [-0.25, -0.2) is 4.39 Å². The van der Waals surface area contributed by atoms with Crippen molar-refractivity contribution in [2.75, 3.05) is 26.8 Å². The molecular weight excluding hydrogens is 468 g/mol. The quantitative estimate of drug-likeness (QED) is 0.366. The molecule has 2 N–H and O–H groups in total. The van der Waals surface area contributed by atoms with Gasteiger partial charge in [-0.15, -0.1) is 24.0 Å². The number of nitrogens with zero attached hydrogens (tertiary/aromatic N) is 1. The van der Waals surface area contributed by atoms with Crippen molar-refractivity contribution in [2.45, 2.75) is 31.2 Å². The van der Waals surface area contributed by atoms with E-state index >= 15 is 0 Å². The van der Waals surface area contributed by atoms with Crippen LogP contribution in [0, 0.1) is 5.82 Å². The van der Waals surface area contributed by atoms with Gasteiger partial charge in [-0.05, 0) is 43.0 Å². The Hall–Kier alpha value is -1.67. The SMILES string of the molecule is CN=C(NCC1(c2ccc(F)cc2)CCOCC1)NC(C)c1ccccc1.I. The summed E-state index contributed by atoms with van der Waals surface area (Å²) in [7, 11) is 1.78. The van der Waals surface area contributed by atoms with E-state index in [2.05, 4.69) is 34.7 Å². The van der Waals surface area contributed by atoms with Crippen molar-refractivity contribution in [1.29, 1.82) is 0 Å². The van der Waals surface area contributed by atoms with Gasteiger partial charge in [-0.3, -0.25) is 4.99 Å². The smallest absolute Gasteiger partial charge is 0.191 e. The molecule has 0 aromatic heterocycles. The molecule has 0 radical (unpaired) electrons. The predicted octanol–water partition coefficient (Wildman–Crippen LogP) is 4.42. The molecule has 0 aliphatic carbocycles. The number of nitrogens with one attached hydrogen (secondary N) is 2. The highest BCUT2D eigenvalue weighted by Crippen LogP contribution is 2.34. The van der Waals surface area contributed by atoms with Gasteiger partial charge in [0.1, 0.15) is 5.82 Å². The van der Waals surface area contributed by atoms with Crippen LogP contribution in [0.15, 0.2) is 59.6 Å². The lowest BCUT2D eigenvalue weighted by Crippen LogP contribution is -2.48. The molecule has 4 nitrogen and oxygen atoms in total. The molecule has 0 bridgehead atoms. The van der Waals surface area contributed by atoms with Gasteiger partial charge < -0.3 is 15.4 Å². The molecule has 0 amide bonds. The van der Waals surface area contributed by atoms with E-state index in [1.807, 2.05) is 30.3 Å². The number of rotatable bonds is 5. The number of hydrogen-bond acceptors (Lipinski definition) is 2. The van der Waals surface area contributed by atoms with Gasteiger partial charge in [-0.2, -0.15) is 0 Å². The van der Waals surface area contributed by atoms with Crippen molar-refractivity contribution in [2.24, 2.45) is 4.99 Å². The van der Waals surface area contributed by atoms with E-state index in [1.165, 1.54) is 17.7 Å². The molecule has 3 rings (SSSR count). The Bertz CT molecular complexity index is 746. The summed E-state index contributed by atoms with van der Waals surface area (Å²) in [5.74, 6) is 0.558. The summed E-state index contributed by atoms with van der Waals surface area (Å²) in [6, 6.07) is 17.3. The van der Waals surface area contributed by atoms with Crippen molar-refractivity contribution in [3.8, 4) is 0 Å². The zero-order valence-electron chi connectivity index (χ0n) is 16.5. The molecule has 1 atom stereocenters. The van der Waals surface area contributed by atoms with E-state index in [9.17, 15) is 4.39 Å². The fourth-order valence-electron chi connectivity index (χ4n) is 3.61. The Morgan fingerprint density at radius 1 is 1.11 bits per heavy atom. The second kappa shape index (κ2) is 10.8. The Morgan fingerprint density at radius 3 is 2.36 bits per heavy atom.